The Kier molecular flexibility index (Phi) is 6.66. The van der Waals surface area contributed by atoms with Gasteiger partial charge in [0.05, 0.1) is 11.6 Å². The summed E-state index contributed by atoms with van der Waals surface area (Å²) in [6.45, 7) is 8.20. The summed E-state index contributed by atoms with van der Waals surface area (Å²) in [5.41, 5.74) is 1.52. The lowest BCUT2D eigenvalue weighted by atomic mass is 9.87. The Labute approximate surface area is 174 Å². The van der Waals surface area contributed by atoms with Gasteiger partial charge in [0, 0.05) is 28.3 Å². The number of rotatable bonds is 7. The second-order valence-electron chi connectivity index (χ2n) is 7.54. The lowest BCUT2D eigenvalue weighted by molar-refractivity contribution is 0.308. The van der Waals surface area contributed by atoms with Crippen LogP contribution in [0, 0.1) is 0 Å². The second-order valence-corrected chi connectivity index (χ2v) is 9.83. The topological polar surface area (TPSA) is 27.1 Å². The number of imidazole rings is 1. The number of aromatic nitrogens is 2. The normalized spacial score (nSPS) is 12.7. The first-order valence-electron chi connectivity index (χ1n) is 9.01. The highest BCUT2D eigenvalue weighted by Crippen LogP contribution is 2.29. The summed E-state index contributed by atoms with van der Waals surface area (Å²) in [5.74, 6) is 0.887. The summed E-state index contributed by atoms with van der Waals surface area (Å²) < 4.78 is 9.20. The van der Waals surface area contributed by atoms with E-state index < -0.39 is 0 Å². The lowest BCUT2D eigenvalue weighted by Gasteiger charge is -2.21. The van der Waals surface area contributed by atoms with Gasteiger partial charge in [0.2, 0.25) is 0 Å². The van der Waals surface area contributed by atoms with Crippen LogP contribution in [0.25, 0.3) is 0 Å². The first-order valence-corrected chi connectivity index (χ1v) is 10.7. The lowest BCUT2D eigenvalue weighted by Crippen LogP contribution is -2.20. The molecule has 0 saturated heterocycles. The van der Waals surface area contributed by atoms with Crippen molar-refractivity contribution in [1.29, 1.82) is 0 Å². The van der Waals surface area contributed by atoms with E-state index in [0.29, 0.717) is 6.61 Å². The Balaban J connectivity index is 1.68. The van der Waals surface area contributed by atoms with Crippen LogP contribution in [0.5, 0.6) is 5.75 Å². The molecule has 5 heteroatoms. The third kappa shape index (κ3) is 6.15. The van der Waals surface area contributed by atoms with Crippen molar-refractivity contribution in [3.8, 4) is 5.75 Å². The molecule has 0 bridgehead atoms. The van der Waals surface area contributed by atoms with Gasteiger partial charge in [-0.2, -0.15) is 0 Å². The van der Waals surface area contributed by atoms with Crippen molar-refractivity contribution in [2.45, 2.75) is 42.9 Å². The van der Waals surface area contributed by atoms with Gasteiger partial charge >= 0.3 is 0 Å². The molecule has 0 radical (unpaired) electrons. The van der Waals surface area contributed by atoms with E-state index in [4.69, 9.17) is 4.74 Å². The van der Waals surface area contributed by atoms with E-state index in [1.165, 1.54) is 10.5 Å². The van der Waals surface area contributed by atoms with E-state index in [2.05, 4.69) is 70.5 Å². The highest BCUT2D eigenvalue weighted by molar-refractivity contribution is 9.10. The molecule has 1 aromatic heterocycles. The van der Waals surface area contributed by atoms with Crippen LogP contribution in [0.1, 0.15) is 26.3 Å². The summed E-state index contributed by atoms with van der Waals surface area (Å²) in [7, 11) is 0. The van der Waals surface area contributed by atoms with Crippen molar-refractivity contribution >= 4 is 27.7 Å². The summed E-state index contributed by atoms with van der Waals surface area (Å²) in [6, 6.07) is 16.9. The van der Waals surface area contributed by atoms with Crippen LogP contribution in [0.4, 0.5) is 0 Å². The van der Waals surface area contributed by atoms with Gasteiger partial charge in [-0.3, -0.25) is 0 Å². The largest absolute Gasteiger partial charge is 0.492 e. The Morgan fingerprint density at radius 2 is 1.78 bits per heavy atom. The molecular weight excluding hydrogens is 420 g/mol. The molecule has 0 aliphatic heterocycles. The SMILES string of the molecule is CC(C)(C)c1ccc(SC(COc2ccc(Br)cc2)Cn2ccnc2)cc1. The van der Waals surface area contributed by atoms with Crippen LogP contribution < -0.4 is 4.74 Å². The zero-order valence-electron chi connectivity index (χ0n) is 15.9. The van der Waals surface area contributed by atoms with E-state index in [-0.39, 0.29) is 10.7 Å². The minimum Gasteiger partial charge on any atom is -0.492 e. The van der Waals surface area contributed by atoms with Gasteiger partial charge in [0.25, 0.3) is 0 Å². The van der Waals surface area contributed by atoms with Crippen molar-refractivity contribution in [3.05, 3.63) is 77.3 Å². The smallest absolute Gasteiger partial charge is 0.119 e. The molecule has 27 heavy (non-hydrogen) atoms. The Bertz CT molecular complexity index is 824. The predicted molar refractivity (Wildman–Crippen MR) is 117 cm³/mol. The molecule has 3 nitrogen and oxygen atoms in total. The van der Waals surface area contributed by atoms with Gasteiger partial charge in [-0.25, -0.2) is 4.98 Å². The fraction of sp³-hybridized carbons (Fsp3) is 0.318. The van der Waals surface area contributed by atoms with E-state index >= 15 is 0 Å². The summed E-state index contributed by atoms with van der Waals surface area (Å²) in [4.78, 5) is 5.41. The van der Waals surface area contributed by atoms with Gasteiger partial charge in [0.15, 0.2) is 0 Å². The number of benzene rings is 2. The number of hydrogen-bond donors (Lipinski definition) is 0. The van der Waals surface area contributed by atoms with E-state index in [1.54, 1.807) is 0 Å². The molecule has 0 N–H and O–H groups in total. The monoisotopic (exact) mass is 444 g/mol. The fourth-order valence-corrected chi connectivity index (χ4v) is 4.03. The van der Waals surface area contributed by atoms with Crippen molar-refractivity contribution in [3.63, 3.8) is 0 Å². The van der Waals surface area contributed by atoms with Gasteiger partial charge in [-0.1, -0.05) is 48.8 Å². The number of thioether (sulfide) groups is 1. The fourth-order valence-electron chi connectivity index (χ4n) is 2.70. The number of ether oxygens (including phenoxy) is 1. The third-order valence-corrected chi connectivity index (χ3v) is 5.94. The molecule has 1 unspecified atom stereocenters. The number of halogens is 1. The highest BCUT2D eigenvalue weighted by Gasteiger charge is 2.16. The maximum Gasteiger partial charge on any atom is 0.119 e. The molecule has 0 amide bonds. The van der Waals surface area contributed by atoms with Crippen molar-refractivity contribution < 1.29 is 4.74 Å². The highest BCUT2D eigenvalue weighted by atomic mass is 79.9. The molecule has 3 rings (SSSR count). The molecular formula is C22H25BrN2OS. The predicted octanol–water partition coefficient (Wildman–Crippen LogP) is 6.18. The van der Waals surface area contributed by atoms with Crippen molar-refractivity contribution in [2.24, 2.45) is 0 Å². The zero-order valence-corrected chi connectivity index (χ0v) is 18.3. The standard InChI is InChI=1S/C22H25BrN2OS/c1-22(2,3)17-4-10-20(11-5-17)27-21(14-25-13-12-24-16-25)15-26-19-8-6-18(23)7-9-19/h4-13,16,21H,14-15H2,1-3H3. The maximum atomic E-state index is 6.05. The molecule has 2 aromatic carbocycles. The van der Waals surface area contributed by atoms with E-state index in [0.717, 1.165) is 16.8 Å². The molecule has 142 valence electrons. The molecule has 3 aromatic rings. The van der Waals surface area contributed by atoms with Crippen LogP contribution in [-0.4, -0.2) is 21.4 Å². The van der Waals surface area contributed by atoms with Crippen molar-refractivity contribution in [2.75, 3.05) is 6.61 Å². The van der Waals surface area contributed by atoms with Gasteiger partial charge in [-0.15, -0.1) is 11.8 Å². The molecule has 0 spiro atoms. The maximum absolute atomic E-state index is 6.05. The molecule has 0 aliphatic rings. The van der Waals surface area contributed by atoms with Gasteiger partial charge < -0.3 is 9.30 Å². The minimum absolute atomic E-state index is 0.171. The third-order valence-electron chi connectivity index (χ3n) is 4.25. The van der Waals surface area contributed by atoms with Crippen LogP contribution >= 0.6 is 27.7 Å². The average Bonchev–Trinajstić information content (AvgIpc) is 3.14. The molecule has 0 fully saturated rings. The Morgan fingerprint density at radius 1 is 1.07 bits per heavy atom. The average molecular weight is 445 g/mol. The van der Waals surface area contributed by atoms with Gasteiger partial charge in [0.1, 0.15) is 12.4 Å². The van der Waals surface area contributed by atoms with E-state index in [1.807, 2.05) is 54.7 Å². The van der Waals surface area contributed by atoms with Gasteiger partial charge in [-0.05, 0) is 47.4 Å². The summed E-state index contributed by atoms with van der Waals surface area (Å²) in [5, 5.41) is 0.281. The number of hydrogen-bond acceptors (Lipinski definition) is 3. The minimum atomic E-state index is 0.171. The molecule has 1 heterocycles. The summed E-state index contributed by atoms with van der Waals surface area (Å²) in [6.07, 6.45) is 5.67. The Morgan fingerprint density at radius 3 is 2.37 bits per heavy atom. The first-order chi connectivity index (χ1) is 12.9. The summed E-state index contributed by atoms with van der Waals surface area (Å²) >= 11 is 5.31. The molecule has 0 aliphatic carbocycles. The zero-order chi connectivity index (χ0) is 19.3. The number of nitrogens with zero attached hydrogens (tertiary/aromatic N) is 2. The second kappa shape index (κ2) is 8.98. The van der Waals surface area contributed by atoms with Crippen LogP contribution in [0.15, 0.2) is 76.6 Å². The van der Waals surface area contributed by atoms with Crippen LogP contribution in [0.3, 0.4) is 0 Å². The molecule has 0 saturated carbocycles. The van der Waals surface area contributed by atoms with Crippen LogP contribution in [-0.2, 0) is 12.0 Å². The Hall–Kier alpha value is -1.72. The molecule has 1 atom stereocenters. The quantitative estimate of drug-likeness (QED) is 0.406. The first kappa shape index (κ1) is 20.0. The van der Waals surface area contributed by atoms with Crippen molar-refractivity contribution in [1.82, 2.24) is 9.55 Å². The van der Waals surface area contributed by atoms with Crippen LogP contribution in [0.2, 0.25) is 0 Å². The van der Waals surface area contributed by atoms with E-state index in [9.17, 15) is 0 Å².